The Balaban J connectivity index is 2.88. The van der Waals surface area contributed by atoms with Gasteiger partial charge < -0.3 is 5.11 Å². The number of hydrogen-bond acceptors (Lipinski definition) is 3. The summed E-state index contributed by atoms with van der Waals surface area (Å²) in [4.78, 5) is 10.8. The van der Waals surface area contributed by atoms with Crippen LogP contribution in [0.15, 0.2) is 18.5 Å². The molecule has 0 aromatic carbocycles. The quantitative estimate of drug-likeness (QED) is 0.743. The van der Waals surface area contributed by atoms with Crippen molar-refractivity contribution >= 4 is 23.2 Å². The largest absolute Gasteiger partial charge is 0.477 e. The number of nitrogens with zero attached hydrogens (tertiary/aromatic N) is 3. The molecular weight excluding hydrogens is 194 g/mol. The minimum absolute atomic E-state index is 0.0239. The van der Waals surface area contributed by atoms with E-state index in [1.807, 2.05) is 0 Å². The van der Waals surface area contributed by atoms with Crippen LogP contribution in [0.5, 0.6) is 0 Å². The van der Waals surface area contributed by atoms with Crippen LogP contribution in [0.25, 0.3) is 5.65 Å². The number of aromatic carboxylic acids is 1. The lowest BCUT2D eigenvalue weighted by Gasteiger charge is -2.00. The van der Waals surface area contributed by atoms with E-state index >= 15 is 0 Å². The van der Waals surface area contributed by atoms with Crippen molar-refractivity contribution in [2.45, 2.75) is 0 Å². The number of aromatic nitrogens is 3. The molecule has 0 aliphatic heterocycles. The Morgan fingerprint density at radius 1 is 1.54 bits per heavy atom. The molecule has 0 fully saturated rings. The third kappa shape index (κ3) is 1.13. The van der Waals surface area contributed by atoms with Gasteiger partial charge in [0.15, 0.2) is 11.3 Å². The van der Waals surface area contributed by atoms with Gasteiger partial charge in [0.2, 0.25) is 0 Å². The maximum absolute atomic E-state index is 10.8. The first-order chi connectivity index (χ1) is 6.20. The molecule has 0 saturated carbocycles. The van der Waals surface area contributed by atoms with E-state index in [9.17, 15) is 4.79 Å². The van der Waals surface area contributed by atoms with Crippen LogP contribution in [0.2, 0.25) is 5.02 Å². The van der Waals surface area contributed by atoms with Crippen molar-refractivity contribution in [2.24, 2.45) is 0 Å². The third-order valence-corrected chi connectivity index (χ3v) is 1.93. The van der Waals surface area contributed by atoms with Crippen LogP contribution in [0.1, 0.15) is 10.5 Å². The summed E-state index contributed by atoms with van der Waals surface area (Å²) < 4.78 is 1.32. The fraction of sp³-hybridized carbons (Fsp3) is 0. The van der Waals surface area contributed by atoms with Gasteiger partial charge in [-0.2, -0.15) is 0 Å². The summed E-state index contributed by atoms with van der Waals surface area (Å²) >= 11 is 5.70. The zero-order valence-corrected chi connectivity index (χ0v) is 7.06. The molecule has 0 spiro atoms. The lowest BCUT2D eigenvalue weighted by atomic mass is 10.3. The van der Waals surface area contributed by atoms with Crippen LogP contribution >= 0.6 is 11.6 Å². The van der Waals surface area contributed by atoms with Crippen LogP contribution in [0.3, 0.4) is 0 Å². The monoisotopic (exact) mass is 197 g/mol. The lowest BCUT2D eigenvalue weighted by Crippen LogP contribution is -2.05. The second-order valence-corrected chi connectivity index (χ2v) is 2.80. The predicted molar refractivity (Wildman–Crippen MR) is 45.0 cm³/mol. The molecule has 2 aromatic rings. The maximum Gasteiger partial charge on any atom is 0.354 e. The molecule has 0 unspecified atom stereocenters. The zero-order valence-electron chi connectivity index (χ0n) is 6.31. The van der Waals surface area contributed by atoms with Crippen molar-refractivity contribution in [1.29, 1.82) is 0 Å². The number of carboxylic acids is 1. The predicted octanol–water partition coefficient (Wildman–Crippen LogP) is 1.08. The van der Waals surface area contributed by atoms with Gasteiger partial charge in [0.05, 0.1) is 5.02 Å². The van der Waals surface area contributed by atoms with E-state index in [0.717, 1.165) is 0 Å². The molecule has 2 rings (SSSR count). The van der Waals surface area contributed by atoms with E-state index < -0.39 is 5.97 Å². The number of pyridine rings is 1. The molecule has 2 heterocycles. The highest BCUT2D eigenvalue weighted by atomic mass is 35.5. The normalized spacial score (nSPS) is 10.5. The number of fused-ring (bicyclic) bond motifs is 1. The Bertz CT molecular complexity index is 480. The fourth-order valence-electron chi connectivity index (χ4n) is 1.08. The molecule has 2 aromatic heterocycles. The van der Waals surface area contributed by atoms with Crippen LogP contribution in [-0.4, -0.2) is 25.7 Å². The highest BCUT2D eigenvalue weighted by molar-refractivity contribution is 6.33. The van der Waals surface area contributed by atoms with Crippen LogP contribution < -0.4 is 0 Å². The van der Waals surface area contributed by atoms with E-state index in [0.29, 0.717) is 5.65 Å². The van der Waals surface area contributed by atoms with E-state index in [2.05, 4.69) is 10.2 Å². The van der Waals surface area contributed by atoms with Gasteiger partial charge in [-0.25, -0.2) is 4.79 Å². The molecule has 5 nitrogen and oxygen atoms in total. The molecule has 0 radical (unpaired) electrons. The average Bonchev–Trinajstić information content (AvgIpc) is 2.50. The summed E-state index contributed by atoms with van der Waals surface area (Å²) in [6, 6.07) is 3.08. The first-order valence-electron chi connectivity index (χ1n) is 3.41. The van der Waals surface area contributed by atoms with Crippen molar-refractivity contribution in [3.05, 3.63) is 29.2 Å². The van der Waals surface area contributed by atoms with Crippen molar-refractivity contribution < 1.29 is 9.90 Å². The van der Waals surface area contributed by atoms with E-state index in [1.54, 1.807) is 6.07 Å². The van der Waals surface area contributed by atoms with Gasteiger partial charge in [-0.05, 0) is 12.1 Å². The molecule has 0 atom stereocenters. The third-order valence-electron chi connectivity index (χ3n) is 1.62. The topological polar surface area (TPSA) is 67.5 Å². The van der Waals surface area contributed by atoms with Gasteiger partial charge in [0.25, 0.3) is 0 Å². The Labute approximate surface area is 77.6 Å². The Morgan fingerprint density at radius 3 is 3.00 bits per heavy atom. The minimum Gasteiger partial charge on any atom is -0.477 e. The van der Waals surface area contributed by atoms with Gasteiger partial charge in [0, 0.05) is 0 Å². The molecular formula is C7H4ClN3O2. The molecule has 1 N–H and O–H groups in total. The van der Waals surface area contributed by atoms with Gasteiger partial charge in [-0.3, -0.25) is 4.40 Å². The summed E-state index contributed by atoms with van der Waals surface area (Å²) in [6.45, 7) is 0. The number of carbonyl (C=O) groups is 1. The first-order valence-corrected chi connectivity index (χ1v) is 3.79. The summed E-state index contributed by atoms with van der Waals surface area (Å²) in [5.41, 5.74) is 0.436. The van der Waals surface area contributed by atoms with Crippen molar-refractivity contribution in [2.75, 3.05) is 0 Å². The fourth-order valence-corrected chi connectivity index (χ4v) is 1.31. The van der Waals surface area contributed by atoms with Crippen LogP contribution in [0, 0.1) is 0 Å². The number of halogens is 1. The molecule has 0 bridgehead atoms. The second kappa shape index (κ2) is 2.70. The minimum atomic E-state index is -1.10. The van der Waals surface area contributed by atoms with Crippen molar-refractivity contribution in [3.8, 4) is 0 Å². The molecule has 0 aliphatic rings. The Hall–Kier alpha value is -1.62. The Morgan fingerprint density at radius 2 is 2.31 bits per heavy atom. The molecule has 0 saturated heterocycles. The summed E-state index contributed by atoms with van der Waals surface area (Å²) in [5.74, 6) is -1.10. The molecule has 13 heavy (non-hydrogen) atoms. The molecule has 0 amide bonds. The van der Waals surface area contributed by atoms with Gasteiger partial charge in [-0.1, -0.05) is 11.6 Å². The van der Waals surface area contributed by atoms with Gasteiger partial charge in [-0.15, -0.1) is 10.2 Å². The summed E-state index contributed by atoms with van der Waals surface area (Å²) in [7, 11) is 0. The van der Waals surface area contributed by atoms with Crippen LogP contribution in [0.4, 0.5) is 0 Å². The van der Waals surface area contributed by atoms with E-state index in [-0.39, 0.29) is 10.7 Å². The second-order valence-electron chi connectivity index (χ2n) is 2.39. The van der Waals surface area contributed by atoms with Crippen molar-refractivity contribution in [1.82, 2.24) is 14.6 Å². The SMILES string of the molecule is O=C(O)c1c(Cl)ccc2nncn12. The Kier molecular flexibility index (Phi) is 1.66. The lowest BCUT2D eigenvalue weighted by molar-refractivity contribution is 0.0689. The molecule has 0 aliphatic carbocycles. The molecule has 6 heteroatoms. The highest BCUT2D eigenvalue weighted by Gasteiger charge is 2.13. The number of rotatable bonds is 1. The first kappa shape index (κ1) is 8.00. The number of carboxylic acid groups (broad SMARTS) is 1. The smallest absolute Gasteiger partial charge is 0.354 e. The summed E-state index contributed by atoms with van der Waals surface area (Å²) in [5, 5.41) is 16.3. The van der Waals surface area contributed by atoms with Gasteiger partial charge in [0.1, 0.15) is 6.33 Å². The van der Waals surface area contributed by atoms with Gasteiger partial charge >= 0.3 is 5.97 Å². The maximum atomic E-state index is 10.8. The standard InChI is InChI=1S/C7H4ClN3O2/c8-4-1-2-5-10-9-3-11(5)6(4)7(12)13/h1-3H,(H,12,13). The zero-order chi connectivity index (χ0) is 9.42. The van der Waals surface area contributed by atoms with Crippen molar-refractivity contribution in [3.63, 3.8) is 0 Å². The molecule has 66 valence electrons. The highest BCUT2D eigenvalue weighted by Crippen LogP contribution is 2.16. The number of hydrogen-bond donors (Lipinski definition) is 1. The average molecular weight is 198 g/mol. The van der Waals surface area contributed by atoms with E-state index in [1.165, 1.54) is 16.8 Å². The van der Waals surface area contributed by atoms with Crippen LogP contribution in [-0.2, 0) is 0 Å². The summed E-state index contributed by atoms with van der Waals surface area (Å²) in [6.07, 6.45) is 1.31. The van der Waals surface area contributed by atoms with E-state index in [4.69, 9.17) is 16.7 Å².